The number of nitrogens with one attached hydrogen (secondary N) is 2. The summed E-state index contributed by atoms with van der Waals surface area (Å²) in [6, 6.07) is 9.79. The van der Waals surface area contributed by atoms with E-state index < -0.39 is 0 Å². The summed E-state index contributed by atoms with van der Waals surface area (Å²) in [4.78, 5) is 25.4. The number of nitrogens with zero attached hydrogens (tertiary/aromatic N) is 1. The minimum absolute atomic E-state index is 0.0236. The van der Waals surface area contributed by atoms with Crippen LogP contribution in [0.4, 0.5) is 0 Å². The minimum atomic E-state index is -0.135. The predicted octanol–water partition coefficient (Wildman–Crippen LogP) is 0.140. The summed E-state index contributed by atoms with van der Waals surface area (Å²) < 4.78 is 5.30. The van der Waals surface area contributed by atoms with Crippen molar-refractivity contribution in [1.29, 1.82) is 0 Å². The van der Waals surface area contributed by atoms with Crippen molar-refractivity contribution in [3.8, 4) is 0 Å². The zero-order chi connectivity index (χ0) is 15.8. The molecule has 2 N–H and O–H groups in total. The molecular formula is C16H23N3O3. The molecule has 0 radical (unpaired) electrons. The van der Waals surface area contributed by atoms with Gasteiger partial charge in [-0.05, 0) is 5.56 Å². The van der Waals surface area contributed by atoms with Gasteiger partial charge in [0.2, 0.25) is 11.8 Å². The van der Waals surface area contributed by atoms with E-state index in [4.69, 9.17) is 4.74 Å². The molecule has 1 fully saturated rings. The first-order valence-corrected chi connectivity index (χ1v) is 7.51. The highest BCUT2D eigenvalue weighted by atomic mass is 16.5. The van der Waals surface area contributed by atoms with Crippen LogP contribution in [0.2, 0.25) is 0 Å². The Bertz CT molecular complexity index is 487. The molecule has 2 rings (SSSR count). The third-order valence-corrected chi connectivity index (χ3v) is 3.56. The lowest BCUT2D eigenvalue weighted by Crippen LogP contribution is -2.45. The number of likely N-dealkylation sites (N-methyl/N-ethyl adjacent to an activating group) is 1. The van der Waals surface area contributed by atoms with Gasteiger partial charge in [0, 0.05) is 32.6 Å². The zero-order valence-corrected chi connectivity index (χ0v) is 12.9. The second kappa shape index (κ2) is 8.51. The fourth-order valence-corrected chi connectivity index (χ4v) is 2.30. The molecule has 1 aliphatic rings. The van der Waals surface area contributed by atoms with Gasteiger partial charge < -0.3 is 20.3 Å². The van der Waals surface area contributed by atoms with Crippen molar-refractivity contribution in [3.63, 3.8) is 0 Å². The van der Waals surface area contributed by atoms with Crippen molar-refractivity contribution in [1.82, 2.24) is 15.5 Å². The highest BCUT2D eigenvalue weighted by Crippen LogP contribution is 2.02. The molecule has 120 valence electrons. The molecule has 1 aliphatic heterocycles. The number of rotatable bonds is 6. The summed E-state index contributed by atoms with van der Waals surface area (Å²) in [5.74, 6) is -0.241. The van der Waals surface area contributed by atoms with Gasteiger partial charge in [-0.2, -0.15) is 0 Å². The number of carbonyl (C=O) groups excluding carboxylic acids is 2. The van der Waals surface area contributed by atoms with Gasteiger partial charge in [0.1, 0.15) is 0 Å². The van der Waals surface area contributed by atoms with Crippen LogP contribution in [0.25, 0.3) is 0 Å². The Kier molecular flexibility index (Phi) is 6.36. The van der Waals surface area contributed by atoms with Crippen LogP contribution < -0.4 is 10.6 Å². The molecule has 6 nitrogen and oxygen atoms in total. The topological polar surface area (TPSA) is 70.7 Å². The van der Waals surface area contributed by atoms with Gasteiger partial charge in [-0.15, -0.1) is 0 Å². The lowest BCUT2D eigenvalue weighted by molar-refractivity contribution is -0.132. The molecule has 0 saturated carbocycles. The number of hydrogen-bond acceptors (Lipinski definition) is 4. The van der Waals surface area contributed by atoms with Crippen molar-refractivity contribution in [2.45, 2.75) is 19.0 Å². The largest absolute Gasteiger partial charge is 0.378 e. The van der Waals surface area contributed by atoms with Gasteiger partial charge in [-0.25, -0.2) is 0 Å². The van der Waals surface area contributed by atoms with Crippen LogP contribution in [0.3, 0.4) is 0 Å². The SMILES string of the molecule is CN(Cc1ccccc1)C(=O)CNC(=O)CC1COCCN1. The third-order valence-electron chi connectivity index (χ3n) is 3.56. The number of carbonyl (C=O) groups is 2. The number of benzene rings is 1. The van der Waals surface area contributed by atoms with Crippen LogP contribution in [0.15, 0.2) is 30.3 Å². The van der Waals surface area contributed by atoms with Crippen LogP contribution >= 0.6 is 0 Å². The Morgan fingerprint density at radius 3 is 2.82 bits per heavy atom. The van der Waals surface area contributed by atoms with E-state index in [9.17, 15) is 9.59 Å². The molecule has 1 unspecified atom stereocenters. The van der Waals surface area contributed by atoms with E-state index >= 15 is 0 Å². The molecule has 0 aliphatic carbocycles. The van der Waals surface area contributed by atoms with Crippen LogP contribution in [0, 0.1) is 0 Å². The summed E-state index contributed by atoms with van der Waals surface area (Å²) in [5, 5.41) is 5.88. The molecule has 1 aromatic carbocycles. The Morgan fingerprint density at radius 1 is 1.36 bits per heavy atom. The van der Waals surface area contributed by atoms with Crippen molar-refractivity contribution in [3.05, 3.63) is 35.9 Å². The normalized spacial score (nSPS) is 17.8. The number of morpholine rings is 1. The molecule has 1 atom stereocenters. The monoisotopic (exact) mass is 305 g/mol. The maximum Gasteiger partial charge on any atom is 0.242 e. The minimum Gasteiger partial charge on any atom is -0.378 e. The molecule has 6 heteroatoms. The van der Waals surface area contributed by atoms with E-state index in [2.05, 4.69) is 10.6 Å². The summed E-state index contributed by atoms with van der Waals surface area (Å²) in [5.41, 5.74) is 1.06. The first kappa shape index (κ1) is 16.5. The standard InChI is InChI=1S/C16H23N3O3/c1-19(11-13-5-3-2-4-6-13)16(21)10-18-15(20)9-14-12-22-8-7-17-14/h2-6,14,17H,7-12H2,1H3,(H,18,20). The highest BCUT2D eigenvalue weighted by Gasteiger charge is 2.17. The van der Waals surface area contributed by atoms with Crippen LogP contribution in [-0.4, -0.2) is 56.1 Å². The quantitative estimate of drug-likeness (QED) is 0.784. The number of ether oxygens (including phenoxy) is 1. The number of hydrogen-bond donors (Lipinski definition) is 2. The molecule has 1 aromatic rings. The molecule has 0 spiro atoms. The van der Waals surface area contributed by atoms with E-state index in [0.29, 0.717) is 26.2 Å². The average Bonchev–Trinajstić information content (AvgIpc) is 2.54. The van der Waals surface area contributed by atoms with E-state index in [1.54, 1.807) is 11.9 Å². The first-order chi connectivity index (χ1) is 10.6. The number of amides is 2. The van der Waals surface area contributed by atoms with E-state index in [1.807, 2.05) is 30.3 Å². The van der Waals surface area contributed by atoms with Gasteiger partial charge in [-0.3, -0.25) is 9.59 Å². The van der Waals surface area contributed by atoms with Crippen molar-refractivity contribution < 1.29 is 14.3 Å². The van der Waals surface area contributed by atoms with Gasteiger partial charge in [0.05, 0.1) is 19.8 Å². The molecule has 1 heterocycles. The zero-order valence-electron chi connectivity index (χ0n) is 12.9. The third kappa shape index (κ3) is 5.46. The molecule has 2 amide bonds. The summed E-state index contributed by atoms with van der Waals surface area (Å²) in [6.07, 6.45) is 0.329. The predicted molar refractivity (Wildman–Crippen MR) is 83.2 cm³/mol. The molecule has 0 bridgehead atoms. The fraction of sp³-hybridized carbons (Fsp3) is 0.500. The lowest BCUT2D eigenvalue weighted by atomic mass is 10.2. The van der Waals surface area contributed by atoms with Gasteiger partial charge in [0.25, 0.3) is 0 Å². The Labute approximate surface area is 130 Å². The average molecular weight is 305 g/mol. The first-order valence-electron chi connectivity index (χ1n) is 7.51. The Hall–Kier alpha value is -1.92. The highest BCUT2D eigenvalue weighted by molar-refractivity contribution is 5.84. The Balaban J connectivity index is 1.68. The molecule has 22 heavy (non-hydrogen) atoms. The van der Waals surface area contributed by atoms with E-state index in [0.717, 1.165) is 12.1 Å². The van der Waals surface area contributed by atoms with Gasteiger partial charge in [0.15, 0.2) is 0 Å². The van der Waals surface area contributed by atoms with E-state index in [-0.39, 0.29) is 24.4 Å². The van der Waals surface area contributed by atoms with Crippen molar-refractivity contribution >= 4 is 11.8 Å². The fourth-order valence-electron chi connectivity index (χ4n) is 2.30. The molecular weight excluding hydrogens is 282 g/mol. The van der Waals surface area contributed by atoms with Crippen LogP contribution in [0.5, 0.6) is 0 Å². The second-order valence-electron chi connectivity index (χ2n) is 5.44. The van der Waals surface area contributed by atoms with Gasteiger partial charge >= 0.3 is 0 Å². The van der Waals surface area contributed by atoms with Crippen molar-refractivity contribution in [2.24, 2.45) is 0 Å². The summed E-state index contributed by atoms with van der Waals surface area (Å²) >= 11 is 0. The van der Waals surface area contributed by atoms with Crippen LogP contribution in [-0.2, 0) is 20.9 Å². The van der Waals surface area contributed by atoms with E-state index in [1.165, 1.54) is 0 Å². The summed E-state index contributed by atoms with van der Waals surface area (Å²) in [6.45, 7) is 2.54. The molecule has 0 aromatic heterocycles. The van der Waals surface area contributed by atoms with Crippen LogP contribution in [0.1, 0.15) is 12.0 Å². The maximum atomic E-state index is 12.0. The van der Waals surface area contributed by atoms with Crippen molar-refractivity contribution in [2.75, 3.05) is 33.4 Å². The van der Waals surface area contributed by atoms with Gasteiger partial charge in [-0.1, -0.05) is 30.3 Å². The second-order valence-corrected chi connectivity index (χ2v) is 5.44. The maximum absolute atomic E-state index is 12.0. The molecule has 1 saturated heterocycles. The smallest absolute Gasteiger partial charge is 0.242 e. The summed E-state index contributed by atoms with van der Waals surface area (Å²) in [7, 11) is 1.73. The Morgan fingerprint density at radius 2 is 2.14 bits per heavy atom. The lowest BCUT2D eigenvalue weighted by Gasteiger charge is -2.23.